The van der Waals surface area contributed by atoms with Crippen molar-refractivity contribution in [3.05, 3.63) is 53.4 Å². The van der Waals surface area contributed by atoms with Crippen LogP contribution in [0.4, 0.5) is 11.5 Å². The molecule has 2 unspecified atom stereocenters. The Bertz CT molecular complexity index is 1220. The summed E-state index contributed by atoms with van der Waals surface area (Å²) in [5.41, 5.74) is 4.39. The van der Waals surface area contributed by atoms with Crippen LogP contribution < -0.4 is 4.90 Å². The molecule has 0 radical (unpaired) electrons. The Labute approximate surface area is 184 Å². The van der Waals surface area contributed by atoms with Gasteiger partial charge in [0.25, 0.3) is 10.0 Å². The molecule has 1 saturated carbocycles. The number of hydrogen-bond acceptors (Lipinski definition) is 5. The molecule has 7 heteroatoms. The summed E-state index contributed by atoms with van der Waals surface area (Å²) >= 11 is 0. The number of aliphatic imine (C=N–C) groups is 2. The number of aromatic nitrogens is 1. The zero-order chi connectivity index (χ0) is 21.8. The lowest BCUT2D eigenvalue weighted by Crippen LogP contribution is -2.40. The molecule has 31 heavy (non-hydrogen) atoms. The van der Waals surface area contributed by atoms with Gasteiger partial charge in [-0.1, -0.05) is 37.5 Å². The molecule has 2 aromatic rings. The molecule has 1 fully saturated rings. The number of benzene rings is 1. The van der Waals surface area contributed by atoms with Gasteiger partial charge in [0, 0.05) is 17.8 Å². The van der Waals surface area contributed by atoms with Crippen molar-refractivity contribution in [3.8, 4) is 0 Å². The van der Waals surface area contributed by atoms with E-state index in [2.05, 4.69) is 23.7 Å². The Hall–Kier alpha value is -2.67. The Balaban J connectivity index is 1.61. The van der Waals surface area contributed by atoms with Crippen molar-refractivity contribution in [2.45, 2.75) is 51.3 Å². The van der Waals surface area contributed by atoms with Gasteiger partial charge < -0.3 is 0 Å². The number of anilines is 1. The lowest BCUT2D eigenvalue weighted by Gasteiger charge is -2.38. The van der Waals surface area contributed by atoms with Crippen LogP contribution in [0.15, 0.2) is 62.7 Å². The molecule has 3 aliphatic rings. The molecular formula is C24H28N4O2S. The maximum Gasteiger partial charge on any atom is 0.269 e. The average molecular weight is 437 g/mol. The van der Waals surface area contributed by atoms with Crippen LogP contribution in [0.1, 0.15) is 45.1 Å². The summed E-state index contributed by atoms with van der Waals surface area (Å²) < 4.78 is 28.0. The number of fused-ring (bicyclic) bond motifs is 3. The third kappa shape index (κ3) is 3.17. The minimum atomic E-state index is -3.74. The van der Waals surface area contributed by atoms with Crippen molar-refractivity contribution in [3.63, 3.8) is 0 Å². The monoisotopic (exact) mass is 436 g/mol. The van der Waals surface area contributed by atoms with E-state index >= 15 is 0 Å². The first-order chi connectivity index (χ1) is 14.9. The van der Waals surface area contributed by atoms with Crippen LogP contribution in [0.25, 0.3) is 0 Å². The topological polar surface area (TPSA) is 67.0 Å². The van der Waals surface area contributed by atoms with Gasteiger partial charge in [-0.25, -0.2) is 17.4 Å². The first-order valence-electron chi connectivity index (χ1n) is 11.0. The largest absolute Gasteiger partial charge is 0.294 e. The second-order valence-corrected chi connectivity index (χ2v) is 10.6. The van der Waals surface area contributed by atoms with Crippen molar-refractivity contribution in [1.29, 1.82) is 0 Å². The fourth-order valence-electron chi connectivity index (χ4n) is 5.22. The molecule has 0 spiro atoms. The van der Waals surface area contributed by atoms with Gasteiger partial charge in [0.1, 0.15) is 0 Å². The van der Waals surface area contributed by atoms with E-state index in [4.69, 9.17) is 4.99 Å². The molecule has 1 aromatic carbocycles. The molecule has 0 amide bonds. The fourth-order valence-corrected chi connectivity index (χ4v) is 6.51. The number of rotatable bonds is 4. The summed E-state index contributed by atoms with van der Waals surface area (Å²) in [6.45, 7) is 7.05. The van der Waals surface area contributed by atoms with Gasteiger partial charge in [0.15, 0.2) is 11.7 Å². The standard InChI is InChI=1S/C24H28N4O2S/c1-4-18-6-5-7-20(18)23-17(3)14-25-22-15-26-24-21(28(22)23)12-13-27(24)31(29,30)19-10-8-16(2)9-11-19/h8-13,15,18,20H,4-7,14H2,1-3H3. The first-order valence-corrected chi connectivity index (χ1v) is 12.5. The summed E-state index contributed by atoms with van der Waals surface area (Å²) in [5.74, 6) is 2.38. The minimum absolute atomic E-state index is 0.263. The second kappa shape index (κ2) is 7.48. The Morgan fingerprint density at radius 3 is 2.61 bits per heavy atom. The molecule has 1 aromatic heterocycles. The van der Waals surface area contributed by atoms with E-state index in [0.717, 1.165) is 23.5 Å². The van der Waals surface area contributed by atoms with Crippen LogP contribution in [0.5, 0.6) is 0 Å². The van der Waals surface area contributed by atoms with E-state index in [-0.39, 0.29) is 4.90 Å². The Morgan fingerprint density at radius 2 is 1.87 bits per heavy atom. The van der Waals surface area contributed by atoms with Crippen molar-refractivity contribution >= 4 is 33.6 Å². The van der Waals surface area contributed by atoms with Crippen molar-refractivity contribution in [2.24, 2.45) is 21.8 Å². The van der Waals surface area contributed by atoms with Crippen LogP contribution in [-0.4, -0.2) is 31.0 Å². The normalized spacial score (nSPS) is 23.1. The summed E-state index contributed by atoms with van der Waals surface area (Å²) in [6, 6.07) is 8.80. The number of allylic oxidation sites excluding steroid dienone is 1. The molecule has 0 bridgehead atoms. The molecule has 0 saturated heterocycles. The van der Waals surface area contributed by atoms with Crippen molar-refractivity contribution in [1.82, 2.24) is 3.97 Å². The highest BCUT2D eigenvalue weighted by Crippen LogP contribution is 2.46. The van der Waals surface area contributed by atoms with E-state index in [0.29, 0.717) is 24.2 Å². The number of amidine groups is 1. The van der Waals surface area contributed by atoms with E-state index in [1.165, 1.54) is 34.5 Å². The lowest BCUT2D eigenvalue weighted by atomic mass is 9.87. The van der Waals surface area contributed by atoms with E-state index in [9.17, 15) is 8.42 Å². The average Bonchev–Trinajstić information content (AvgIpc) is 3.41. The van der Waals surface area contributed by atoms with Gasteiger partial charge in [-0.3, -0.25) is 9.89 Å². The highest BCUT2D eigenvalue weighted by molar-refractivity contribution is 7.90. The molecule has 162 valence electrons. The maximum atomic E-state index is 13.4. The minimum Gasteiger partial charge on any atom is -0.294 e. The third-order valence-corrected chi connectivity index (χ3v) is 8.53. The van der Waals surface area contributed by atoms with Crippen molar-refractivity contribution < 1.29 is 8.42 Å². The highest BCUT2D eigenvalue weighted by Gasteiger charge is 2.39. The van der Waals surface area contributed by atoms with Crippen LogP contribution in [0.3, 0.4) is 0 Å². The summed E-state index contributed by atoms with van der Waals surface area (Å²) in [7, 11) is -3.74. The van der Waals surface area contributed by atoms with Gasteiger partial charge in [0.2, 0.25) is 0 Å². The van der Waals surface area contributed by atoms with Gasteiger partial charge in [-0.05, 0) is 56.4 Å². The van der Waals surface area contributed by atoms with Gasteiger partial charge >= 0.3 is 0 Å². The van der Waals surface area contributed by atoms with E-state index in [1.54, 1.807) is 24.5 Å². The molecule has 2 aliphatic heterocycles. The zero-order valence-electron chi connectivity index (χ0n) is 18.2. The van der Waals surface area contributed by atoms with E-state index in [1.807, 2.05) is 25.1 Å². The molecule has 2 atom stereocenters. The van der Waals surface area contributed by atoms with Crippen molar-refractivity contribution in [2.75, 3.05) is 11.4 Å². The van der Waals surface area contributed by atoms with Crippen LogP contribution in [-0.2, 0) is 10.0 Å². The second-order valence-electron chi connectivity index (χ2n) is 8.78. The Morgan fingerprint density at radius 1 is 1.10 bits per heavy atom. The van der Waals surface area contributed by atoms with Gasteiger partial charge in [-0.15, -0.1) is 0 Å². The van der Waals surface area contributed by atoms with Crippen LogP contribution >= 0.6 is 0 Å². The molecule has 1 aliphatic carbocycles. The maximum absolute atomic E-state index is 13.4. The smallest absolute Gasteiger partial charge is 0.269 e. The summed E-state index contributed by atoms with van der Waals surface area (Å²) in [6.07, 6.45) is 8.15. The van der Waals surface area contributed by atoms with Gasteiger partial charge in [0.05, 0.1) is 23.3 Å². The molecule has 6 nitrogen and oxygen atoms in total. The summed E-state index contributed by atoms with van der Waals surface area (Å²) in [5, 5.41) is 0. The quantitative estimate of drug-likeness (QED) is 0.672. The predicted molar refractivity (Wildman–Crippen MR) is 125 cm³/mol. The SMILES string of the molecule is CCC1CCCC1C1=C(C)CN=C2C=Nc3c(ccn3S(=O)(=O)c3ccc(C)cc3)N21. The van der Waals surface area contributed by atoms with Gasteiger partial charge in [-0.2, -0.15) is 0 Å². The third-order valence-electron chi connectivity index (χ3n) is 6.85. The number of nitrogens with zero attached hydrogens (tertiary/aromatic N) is 4. The highest BCUT2D eigenvalue weighted by atomic mass is 32.2. The molecular weight excluding hydrogens is 408 g/mol. The summed E-state index contributed by atoms with van der Waals surface area (Å²) in [4.78, 5) is 11.7. The van der Waals surface area contributed by atoms with Crippen LogP contribution in [0.2, 0.25) is 0 Å². The molecule has 0 N–H and O–H groups in total. The van der Waals surface area contributed by atoms with Crippen LogP contribution in [0, 0.1) is 18.8 Å². The predicted octanol–water partition coefficient (Wildman–Crippen LogP) is 5.07. The number of aryl methyl sites for hydroxylation is 1. The van der Waals surface area contributed by atoms with E-state index < -0.39 is 10.0 Å². The molecule has 5 rings (SSSR count). The fraction of sp³-hybridized carbons (Fsp3) is 0.417. The Kier molecular flexibility index (Phi) is 4.88. The first kappa shape index (κ1) is 20.2. The lowest BCUT2D eigenvalue weighted by molar-refractivity contribution is 0.419. The zero-order valence-corrected chi connectivity index (χ0v) is 19.1. The number of hydrogen-bond donors (Lipinski definition) is 0. The molecule has 3 heterocycles.